The summed E-state index contributed by atoms with van der Waals surface area (Å²) in [4.78, 5) is 35.8. The van der Waals surface area contributed by atoms with Gasteiger partial charge in [0.15, 0.2) is 5.69 Å². The van der Waals surface area contributed by atoms with Crippen LogP contribution in [0.25, 0.3) is 11.0 Å². The largest absolute Gasteiger partial charge is 0.383 e. The second-order valence-corrected chi connectivity index (χ2v) is 9.44. The Balaban J connectivity index is 1.50. The molecule has 2 aliphatic rings. The third kappa shape index (κ3) is 4.44. The Bertz CT molecular complexity index is 1460. The lowest BCUT2D eigenvalue weighted by atomic mass is 10.1. The number of carbonyl (C=O) groups excluding carboxylic acids is 2. The zero-order valence-corrected chi connectivity index (χ0v) is 21.2. The lowest BCUT2D eigenvalue weighted by Gasteiger charge is -2.22. The van der Waals surface area contributed by atoms with Gasteiger partial charge in [0.25, 0.3) is 5.91 Å². The molecule has 1 saturated carbocycles. The zero-order valence-electron chi connectivity index (χ0n) is 21.2. The number of fused-ring (bicyclic) bond motifs is 1. The quantitative estimate of drug-likeness (QED) is 0.370. The Kier molecular flexibility index (Phi) is 6.43. The molecule has 1 aliphatic heterocycles. The minimum atomic E-state index is -0.646. The van der Waals surface area contributed by atoms with Gasteiger partial charge in [0, 0.05) is 39.7 Å². The molecular weight excluding hydrogens is 472 g/mol. The molecule has 5 rings (SSSR count). The molecule has 3 aromatic rings. The number of methoxy groups -OCH3 is 1. The van der Waals surface area contributed by atoms with Gasteiger partial charge in [-0.25, -0.2) is 14.6 Å². The van der Waals surface area contributed by atoms with Crippen LogP contribution in [0.5, 0.6) is 0 Å². The maximum atomic E-state index is 12.4. The molecule has 0 radical (unpaired) electrons. The summed E-state index contributed by atoms with van der Waals surface area (Å²) in [7, 11) is 5.29. The second kappa shape index (κ2) is 9.71. The number of aromatic nitrogens is 5. The number of nitrogens with one attached hydrogen (secondary N) is 1. The van der Waals surface area contributed by atoms with Gasteiger partial charge in [0.1, 0.15) is 22.9 Å². The van der Waals surface area contributed by atoms with Gasteiger partial charge in [-0.15, -0.1) is 0 Å². The monoisotopic (exact) mass is 502 g/mol. The van der Waals surface area contributed by atoms with Gasteiger partial charge in [0.2, 0.25) is 5.91 Å². The summed E-state index contributed by atoms with van der Waals surface area (Å²) < 4.78 is 9.10. The highest BCUT2D eigenvalue weighted by molar-refractivity contribution is 6.00. The molecule has 192 valence electrons. The number of rotatable bonds is 7. The molecule has 37 heavy (non-hydrogen) atoms. The van der Waals surface area contributed by atoms with E-state index < -0.39 is 5.91 Å². The molecule has 3 aromatic heterocycles. The van der Waals surface area contributed by atoms with E-state index in [1.807, 2.05) is 13.1 Å². The second-order valence-electron chi connectivity index (χ2n) is 9.44. The van der Waals surface area contributed by atoms with Gasteiger partial charge >= 0.3 is 0 Å². The van der Waals surface area contributed by atoms with E-state index in [0.29, 0.717) is 37.0 Å². The lowest BCUT2D eigenvalue weighted by molar-refractivity contribution is -0.127. The first-order chi connectivity index (χ1) is 17.9. The van der Waals surface area contributed by atoms with Crippen LogP contribution in [0.15, 0.2) is 24.9 Å². The van der Waals surface area contributed by atoms with Crippen molar-refractivity contribution in [3.05, 3.63) is 47.7 Å². The van der Waals surface area contributed by atoms with Crippen LogP contribution in [0.4, 0.5) is 5.82 Å². The maximum absolute atomic E-state index is 12.4. The normalized spacial score (nSPS) is 19.1. The Morgan fingerprint density at radius 2 is 2.14 bits per heavy atom. The van der Waals surface area contributed by atoms with E-state index in [0.717, 1.165) is 29.7 Å². The van der Waals surface area contributed by atoms with Gasteiger partial charge < -0.3 is 25.3 Å². The van der Waals surface area contributed by atoms with Crippen molar-refractivity contribution in [2.24, 2.45) is 12.8 Å². The molecule has 11 nitrogen and oxygen atoms in total. The summed E-state index contributed by atoms with van der Waals surface area (Å²) in [6.45, 7) is 4.38. The summed E-state index contributed by atoms with van der Waals surface area (Å²) in [6.07, 6.45) is 5.98. The summed E-state index contributed by atoms with van der Waals surface area (Å²) in [5, 5.41) is 7.70. The highest BCUT2D eigenvalue weighted by atomic mass is 16.5. The zero-order chi connectivity index (χ0) is 26.3. The molecule has 2 fully saturated rings. The van der Waals surface area contributed by atoms with Crippen LogP contribution < -0.4 is 11.1 Å². The van der Waals surface area contributed by atoms with E-state index in [9.17, 15) is 9.59 Å². The fourth-order valence-corrected chi connectivity index (χ4v) is 5.07. The van der Waals surface area contributed by atoms with Gasteiger partial charge in [-0.05, 0) is 37.2 Å². The highest BCUT2D eigenvalue weighted by Crippen LogP contribution is 2.40. The number of hydrogen-bond acceptors (Lipinski definition) is 7. The summed E-state index contributed by atoms with van der Waals surface area (Å²) in [6, 6.07) is 1.50. The average molecular weight is 503 g/mol. The van der Waals surface area contributed by atoms with E-state index in [1.54, 1.807) is 29.9 Å². The van der Waals surface area contributed by atoms with Crippen LogP contribution in [-0.4, -0.2) is 74.4 Å². The fourth-order valence-electron chi connectivity index (χ4n) is 5.07. The van der Waals surface area contributed by atoms with Crippen molar-refractivity contribution in [2.45, 2.75) is 37.3 Å². The van der Waals surface area contributed by atoms with Crippen LogP contribution in [-0.2, 0) is 16.6 Å². The molecule has 0 aromatic carbocycles. The smallest absolute Gasteiger partial charge is 0.255 e. The lowest BCUT2D eigenvalue weighted by Crippen LogP contribution is -2.37. The summed E-state index contributed by atoms with van der Waals surface area (Å²) >= 11 is 0. The Labute approximate surface area is 214 Å². The summed E-state index contributed by atoms with van der Waals surface area (Å²) in [5.74, 6) is 7.23. The molecule has 11 heteroatoms. The molecule has 0 bridgehead atoms. The van der Waals surface area contributed by atoms with Gasteiger partial charge in [-0.3, -0.25) is 9.59 Å². The van der Waals surface area contributed by atoms with E-state index >= 15 is 0 Å². The minimum Gasteiger partial charge on any atom is -0.383 e. The first-order valence-electron chi connectivity index (χ1n) is 12.2. The van der Waals surface area contributed by atoms with Crippen molar-refractivity contribution in [1.82, 2.24) is 29.2 Å². The number of amides is 2. The standard InChI is InChI=1S/C26H30N8O3/c1-5-22(35)33-13-17(11-18(33)14-37-4)34-26(28-2)23(24(27)36)19(31-34)9-8-16-10-20-21(12-29-16)32(3)25(30-20)15-6-7-15/h5,10,12,15,17-18,28H,1,6-7,11,13-14H2,2-4H3,(H2,27,36)/t17-,18+/m0/s1. The van der Waals surface area contributed by atoms with Crippen molar-refractivity contribution >= 4 is 28.7 Å². The number of nitrogens with two attached hydrogens (primary N) is 1. The van der Waals surface area contributed by atoms with Gasteiger partial charge in [-0.1, -0.05) is 6.58 Å². The Hall–Kier alpha value is -4.17. The molecule has 2 amide bonds. The SMILES string of the molecule is C=CC(=O)N1C[C@@H](n2nc(C#Cc3cc4nc(C5CC5)n(C)c4cn3)c(C(N)=O)c2NC)C[C@@H]1COC. The van der Waals surface area contributed by atoms with Crippen LogP contribution in [0.1, 0.15) is 58.8 Å². The number of carbonyl (C=O) groups is 2. The molecular formula is C26H30N8O3. The van der Waals surface area contributed by atoms with Crippen molar-refractivity contribution in [3.63, 3.8) is 0 Å². The van der Waals surface area contributed by atoms with Crippen molar-refractivity contribution in [1.29, 1.82) is 0 Å². The predicted octanol–water partition coefficient (Wildman–Crippen LogP) is 1.56. The van der Waals surface area contributed by atoms with Crippen LogP contribution in [0.3, 0.4) is 0 Å². The molecule has 2 atom stereocenters. The molecule has 0 unspecified atom stereocenters. The number of pyridine rings is 1. The molecule has 0 spiro atoms. The first kappa shape index (κ1) is 24.5. The van der Waals surface area contributed by atoms with Crippen molar-refractivity contribution < 1.29 is 14.3 Å². The van der Waals surface area contributed by atoms with Crippen LogP contribution >= 0.6 is 0 Å². The number of likely N-dealkylation sites (tertiary alicyclic amines) is 1. The average Bonchev–Trinajstić information content (AvgIpc) is 3.41. The van der Waals surface area contributed by atoms with Crippen LogP contribution in [0.2, 0.25) is 0 Å². The number of aryl methyl sites for hydroxylation is 1. The number of nitrogens with zero attached hydrogens (tertiary/aromatic N) is 6. The van der Waals surface area contributed by atoms with Gasteiger partial charge in [-0.2, -0.15) is 5.10 Å². The molecule has 3 N–H and O–H groups in total. The molecule has 4 heterocycles. The Morgan fingerprint density at radius 3 is 2.78 bits per heavy atom. The predicted molar refractivity (Wildman–Crippen MR) is 138 cm³/mol. The van der Waals surface area contributed by atoms with E-state index in [4.69, 9.17) is 15.5 Å². The van der Waals surface area contributed by atoms with E-state index in [1.165, 1.54) is 6.08 Å². The third-order valence-corrected chi connectivity index (χ3v) is 7.00. The number of imidazole rings is 1. The molecule has 1 saturated heterocycles. The highest BCUT2D eigenvalue weighted by Gasteiger charge is 2.38. The number of anilines is 1. The summed E-state index contributed by atoms with van der Waals surface area (Å²) in [5.41, 5.74) is 8.50. The third-order valence-electron chi connectivity index (χ3n) is 7.00. The van der Waals surface area contributed by atoms with E-state index in [2.05, 4.69) is 38.4 Å². The van der Waals surface area contributed by atoms with E-state index in [-0.39, 0.29) is 29.2 Å². The van der Waals surface area contributed by atoms with Gasteiger partial charge in [0.05, 0.1) is 35.9 Å². The Morgan fingerprint density at radius 1 is 1.35 bits per heavy atom. The number of ether oxygens (including phenoxy) is 1. The minimum absolute atomic E-state index is 0.143. The number of primary amides is 1. The van der Waals surface area contributed by atoms with Crippen LogP contribution in [0, 0.1) is 11.8 Å². The van der Waals surface area contributed by atoms with Crippen molar-refractivity contribution in [3.8, 4) is 11.8 Å². The molecule has 1 aliphatic carbocycles. The fraction of sp³-hybridized carbons (Fsp3) is 0.423. The number of hydrogen-bond donors (Lipinski definition) is 2. The maximum Gasteiger partial charge on any atom is 0.255 e. The topological polar surface area (TPSA) is 133 Å². The van der Waals surface area contributed by atoms with Crippen molar-refractivity contribution in [2.75, 3.05) is 32.6 Å². The first-order valence-corrected chi connectivity index (χ1v) is 12.2.